The van der Waals surface area contributed by atoms with E-state index in [1.807, 2.05) is 0 Å². The van der Waals surface area contributed by atoms with E-state index >= 15 is 0 Å². The van der Waals surface area contributed by atoms with Crippen LogP contribution in [0.2, 0.25) is 0 Å². The lowest BCUT2D eigenvalue weighted by Crippen LogP contribution is -2.63. The fraction of sp³-hybridized carbons (Fsp3) is 0.143. The van der Waals surface area contributed by atoms with Gasteiger partial charge in [-0.3, -0.25) is 0 Å². The van der Waals surface area contributed by atoms with Crippen LogP contribution in [0.15, 0.2) is 0 Å². The highest BCUT2D eigenvalue weighted by molar-refractivity contribution is 7.34. The molecule has 0 bridgehead atoms. The van der Waals surface area contributed by atoms with Gasteiger partial charge in [0.15, 0.2) is 46.5 Å². The van der Waals surface area contributed by atoms with Crippen LogP contribution in [0.5, 0.6) is 0 Å². The molecule has 0 saturated carbocycles. The molecule has 0 aliphatic carbocycles. The lowest BCUT2D eigenvalue weighted by atomic mass is 10.3. The number of benzene rings is 2. The van der Waals surface area contributed by atoms with Crippen LogP contribution in [0.4, 0.5) is 43.9 Å². The second-order valence-corrected chi connectivity index (χ2v) is 9.95. The molecule has 0 aromatic heterocycles. The molecule has 0 amide bonds. The van der Waals surface area contributed by atoms with Gasteiger partial charge in [-0.1, -0.05) is 0 Å². The lowest BCUT2D eigenvalue weighted by Gasteiger charge is -2.27. The zero-order valence-corrected chi connectivity index (χ0v) is 14.5. The van der Waals surface area contributed by atoms with E-state index in [1.165, 1.54) is 0 Å². The standard InChI is InChI=1S/C14H5ClF10OSi/c1-26-2-27(15,13-9(22)5(18)3(16)6(19)10(13)23)14-11(24)7(20)4(17)8(21)12(14)25/h2H2,1H3. The summed E-state index contributed by atoms with van der Waals surface area (Å²) in [7, 11) is -4.63. The minimum absolute atomic E-state index is 0.766. The number of methoxy groups -OCH3 is 1. The van der Waals surface area contributed by atoms with Gasteiger partial charge in [-0.05, 0) is 0 Å². The Morgan fingerprint density at radius 2 is 0.778 bits per heavy atom. The summed E-state index contributed by atoms with van der Waals surface area (Å²) < 4.78 is 141. The number of ether oxygens (including phenoxy) is 1. The molecule has 0 unspecified atom stereocenters. The summed E-state index contributed by atoms with van der Waals surface area (Å²) in [6.07, 6.45) is -1.29. The van der Waals surface area contributed by atoms with E-state index in [2.05, 4.69) is 4.74 Å². The summed E-state index contributed by atoms with van der Waals surface area (Å²) in [5, 5.41) is -3.82. The first-order valence-electron chi connectivity index (χ1n) is 6.63. The second kappa shape index (κ2) is 7.32. The first kappa shape index (κ1) is 21.5. The highest BCUT2D eigenvalue weighted by Crippen LogP contribution is 2.26. The Hall–Kier alpha value is -1.79. The molecule has 0 aliphatic rings. The zero-order valence-electron chi connectivity index (χ0n) is 12.8. The Labute approximate surface area is 149 Å². The molecule has 148 valence electrons. The van der Waals surface area contributed by atoms with Crippen molar-refractivity contribution in [2.24, 2.45) is 0 Å². The molecule has 0 N–H and O–H groups in total. The molecule has 27 heavy (non-hydrogen) atoms. The lowest BCUT2D eigenvalue weighted by molar-refractivity contribution is 0.249. The van der Waals surface area contributed by atoms with E-state index in [0.29, 0.717) is 0 Å². The molecule has 0 aliphatic heterocycles. The van der Waals surface area contributed by atoms with Gasteiger partial charge < -0.3 is 4.74 Å². The van der Waals surface area contributed by atoms with Crippen molar-refractivity contribution in [3.63, 3.8) is 0 Å². The monoisotopic (exact) mass is 442 g/mol. The smallest absolute Gasteiger partial charge is 0.254 e. The SMILES string of the molecule is COC[Si](Cl)(c1c(F)c(F)c(F)c(F)c1F)c1c(F)c(F)c(F)c(F)c1F. The highest BCUT2D eigenvalue weighted by atomic mass is 35.6. The highest BCUT2D eigenvalue weighted by Gasteiger charge is 2.49. The van der Waals surface area contributed by atoms with Gasteiger partial charge in [0, 0.05) is 17.5 Å². The summed E-state index contributed by atoms with van der Waals surface area (Å²) >= 11 is 5.85. The van der Waals surface area contributed by atoms with Crippen molar-refractivity contribution in [1.82, 2.24) is 0 Å². The normalized spacial score (nSPS) is 12.0. The van der Waals surface area contributed by atoms with E-state index in [1.54, 1.807) is 0 Å². The van der Waals surface area contributed by atoms with E-state index in [0.717, 1.165) is 7.11 Å². The number of hydrogen-bond acceptors (Lipinski definition) is 1. The van der Waals surface area contributed by atoms with Crippen molar-refractivity contribution >= 4 is 28.8 Å². The minimum Gasteiger partial charge on any atom is -0.386 e. The van der Waals surface area contributed by atoms with Crippen LogP contribution in [-0.4, -0.2) is 20.7 Å². The molecular weight excluding hydrogens is 438 g/mol. The molecule has 0 spiro atoms. The summed E-state index contributed by atoms with van der Waals surface area (Å²) in [4.78, 5) is 0. The number of halogens is 11. The maximum atomic E-state index is 14.1. The molecule has 0 saturated heterocycles. The number of hydrogen-bond donors (Lipinski definition) is 0. The van der Waals surface area contributed by atoms with Crippen molar-refractivity contribution in [2.45, 2.75) is 0 Å². The Balaban J connectivity index is 3.04. The molecule has 1 nitrogen and oxygen atoms in total. The molecule has 2 rings (SSSR count). The predicted molar refractivity (Wildman–Crippen MR) is 75.2 cm³/mol. The third-order valence-electron chi connectivity index (χ3n) is 3.56. The van der Waals surface area contributed by atoms with Crippen LogP contribution in [-0.2, 0) is 4.74 Å². The van der Waals surface area contributed by atoms with Crippen molar-refractivity contribution in [2.75, 3.05) is 13.3 Å². The summed E-state index contributed by atoms with van der Waals surface area (Å²) in [5.74, 6) is -25.6. The van der Waals surface area contributed by atoms with Gasteiger partial charge in [-0.25, -0.2) is 43.9 Å². The molecule has 0 fully saturated rings. The van der Waals surface area contributed by atoms with Crippen molar-refractivity contribution in [1.29, 1.82) is 0 Å². The summed E-state index contributed by atoms with van der Waals surface area (Å²) in [5.41, 5.74) is 0. The largest absolute Gasteiger partial charge is 0.386 e. The quantitative estimate of drug-likeness (QED) is 0.231. The zero-order chi connectivity index (χ0) is 20.8. The van der Waals surface area contributed by atoms with E-state index in [4.69, 9.17) is 11.1 Å². The molecular formula is C14H5ClF10OSi. The van der Waals surface area contributed by atoms with Gasteiger partial charge in [0.1, 0.15) is 0 Å². The van der Waals surface area contributed by atoms with Crippen molar-refractivity contribution in [3.05, 3.63) is 58.2 Å². The molecule has 2 aromatic carbocycles. The van der Waals surface area contributed by atoms with Crippen LogP contribution in [0, 0.1) is 58.2 Å². The van der Waals surface area contributed by atoms with Crippen LogP contribution in [0.3, 0.4) is 0 Å². The summed E-state index contributed by atoms with van der Waals surface area (Å²) in [6, 6.07) is 0. The fourth-order valence-electron chi connectivity index (χ4n) is 2.37. The van der Waals surface area contributed by atoms with Gasteiger partial charge in [-0.15, -0.1) is 0 Å². The number of rotatable bonds is 4. The average molecular weight is 443 g/mol. The fourth-order valence-corrected chi connectivity index (χ4v) is 6.46. The maximum absolute atomic E-state index is 14.1. The Bertz CT molecular complexity index is 808. The van der Waals surface area contributed by atoms with Crippen LogP contribution in [0.1, 0.15) is 0 Å². The van der Waals surface area contributed by atoms with E-state index in [-0.39, 0.29) is 0 Å². The van der Waals surface area contributed by atoms with E-state index in [9.17, 15) is 43.9 Å². The van der Waals surface area contributed by atoms with Gasteiger partial charge in [0.25, 0.3) is 7.38 Å². The minimum atomic E-state index is -5.39. The van der Waals surface area contributed by atoms with Crippen molar-refractivity contribution < 1.29 is 48.6 Å². The average Bonchev–Trinajstić information content (AvgIpc) is 2.62. The third-order valence-corrected chi connectivity index (χ3v) is 8.17. The van der Waals surface area contributed by atoms with Crippen LogP contribution < -0.4 is 10.4 Å². The maximum Gasteiger partial charge on any atom is 0.254 e. The van der Waals surface area contributed by atoms with Crippen LogP contribution in [0.25, 0.3) is 0 Å². The Kier molecular flexibility index (Phi) is 5.83. The predicted octanol–water partition coefficient (Wildman–Crippen LogP) is 3.56. The first-order chi connectivity index (χ1) is 12.4. The van der Waals surface area contributed by atoms with Crippen LogP contribution >= 0.6 is 11.1 Å². The molecule has 13 heteroatoms. The van der Waals surface area contributed by atoms with Gasteiger partial charge >= 0.3 is 0 Å². The second-order valence-electron chi connectivity index (χ2n) is 5.12. The summed E-state index contributed by atoms with van der Waals surface area (Å²) in [6.45, 7) is 0. The van der Waals surface area contributed by atoms with E-state index < -0.39 is 82.2 Å². The first-order valence-corrected chi connectivity index (χ1v) is 9.85. The molecule has 2 aromatic rings. The van der Waals surface area contributed by atoms with Gasteiger partial charge in [-0.2, -0.15) is 11.1 Å². The molecule has 0 atom stereocenters. The molecule has 0 heterocycles. The topological polar surface area (TPSA) is 9.23 Å². The third kappa shape index (κ3) is 3.08. The van der Waals surface area contributed by atoms with Gasteiger partial charge in [0.05, 0.1) is 6.23 Å². The Morgan fingerprint density at radius 3 is 1.00 bits per heavy atom. The Morgan fingerprint density at radius 1 is 0.556 bits per heavy atom. The molecule has 0 radical (unpaired) electrons. The van der Waals surface area contributed by atoms with Gasteiger partial charge in [0.2, 0.25) is 11.6 Å². The van der Waals surface area contributed by atoms with Crippen molar-refractivity contribution in [3.8, 4) is 0 Å².